The van der Waals surface area contributed by atoms with Crippen molar-refractivity contribution in [1.29, 1.82) is 0 Å². The Morgan fingerprint density at radius 1 is 1.06 bits per heavy atom. The highest BCUT2D eigenvalue weighted by Gasteiger charge is 2.31. The van der Waals surface area contributed by atoms with Crippen LogP contribution in [0, 0.1) is 0 Å². The van der Waals surface area contributed by atoms with Gasteiger partial charge in [-0.25, -0.2) is 4.98 Å². The lowest BCUT2D eigenvalue weighted by molar-refractivity contribution is -0.115. The predicted octanol–water partition coefficient (Wildman–Crippen LogP) is 3.00. The number of ether oxygens (including phenoxy) is 1. The summed E-state index contributed by atoms with van der Waals surface area (Å²) in [4.78, 5) is 30.7. The molecule has 2 aromatic rings. The Morgan fingerprint density at radius 2 is 1.85 bits per heavy atom. The van der Waals surface area contributed by atoms with Crippen molar-refractivity contribution in [3.05, 3.63) is 47.8 Å². The van der Waals surface area contributed by atoms with Crippen molar-refractivity contribution in [2.75, 3.05) is 74.4 Å². The van der Waals surface area contributed by atoms with E-state index >= 15 is 0 Å². The monoisotopic (exact) mass is 461 g/mol. The van der Waals surface area contributed by atoms with E-state index in [2.05, 4.69) is 45.4 Å². The van der Waals surface area contributed by atoms with E-state index in [9.17, 15) is 4.79 Å². The molecule has 5 rings (SSSR count). The number of amides is 1. The first-order valence-corrected chi connectivity index (χ1v) is 11.6. The number of aromatic nitrogens is 2. The third-order valence-corrected chi connectivity index (χ3v) is 6.80. The summed E-state index contributed by atoms with van der Waals surface area (Å²) in [7, 11) is 7.54. The van der Waals surface area contributed by atoms with E-state index in [0.717, 1.165) is 67.4 Å². The summed E-state index contributed by atoms with van der Waals surface area (Å²) in [6.45, 7) is 4.07. The van der Waals surface area contributed by atoms with E-state index in [1.54, 1.807) is 25.3 Å². The zero-order chi connectivity index (χ0) is 23.8. The Morgan fingerprint density at radius 3 is 2.62 bits per heavy atom. The second-order valence-corrected chi connectivity index (χ2v) is 8.93. The van der Waals surface area contributed by atoms with Crippen molar-refractivity contribution in [3.63, 3.8) is 0 Å². The number of piperazine rings is 1. The largest absolute Gasteiger partial charge is 0.494 e. The highest BCUT2D eigenvalue weighted by Crippen LogP contribution is 2.38. The minimum atomic E-state index is -0.00424. The van der Waals surface area contributed by atoms with Gasteiger partial charge in [-0.2, -0.15) is 4.98 Å². The average Bonchev–Trinajstić information content (AvgIpc) is 2.94. The van der Waals surface area contributed by atoms with Crippen LogP contribution in [-0.2, 0) is 4.79 Å². The number of anilines is 5. The zero-order valence-electron chi connectivity index (χ0n) is 20.2. The molecule has 1 N–H and O–H groups in total. The Balaban J connectivity index is 1.44. The topological polar surface area (TPSA) is 77.1 Å². The van der Waals surface area contributed by atoms with Gasteiger partial charge in [-0.15, -0.1) is 0 Å². The minimum Gasteiger partial charge on any atom is -0.494 e. The molecule has 1 fully saturated rings. The number of carbonyl (C=O) groups is 1. The fourth-order valence-electron chi connectivity index (χ4n) is 4.68. The maximum atomic E-state index is 13.0. The summed E-state index contributed by atoms with van der Waals surface area (Å²) in [5.41, 5.74) is 4.31. The van der Waals surface area contributed by atoms with Gasteiger partial charge in [0.05, 0.1) is 24.7 Å². The van der Waals surface area contributed by atoms with E-state index in [1.807, 2.05) is 24.1 Å². The molecule has 0 bridgehead atoms. The number of carbonyl (C=O) groups excluding carboxylic acids is 1. The van der Waals surface area contributed by atoms with Crippen molar-refractivity contribution < 1.29 is 9.53 Å². The van der Waals surface area contributed by atoms with Crippen molar-refractivity contribution in [2.24, 2.45) is 0 Å². The summed E-state index contributed by atoms with van der Waals surface area (Å²) in [6, 6.07) is 6.16. The lowest BCUT2D eigenvalue weighted by Crippen LogP contribution is -2.44. The number of nitrogens with zero attached hydrogens (tertiary/aromatic N) is 6. The molecule has 0 unspecified atom stereocenters. The number of hydrogen-bond acceptors (Lipinski definition) is 8. The Kier molecular flexibility index (Phi) is 5.87. The lowest BCUT2D eigenvalue weighted by atomic mass is 10.0. The summed E-state index contributed by atoms with van der Waals surface area (Å²) in [5, 5.41) is 3.31. The van der Waals surface area contributed by atoms with Crippen LogP contribution in [0.25, 0.3) is 0 Å². The smallest absolute Gasteiger partial charge is 0.256 e. The number of likely N-dealkylation sites (N-methyl/N-ethyl adjacent to an activating group) is 3. The predicted molar refractivity (Wildman–Crippen MR) is 135 cm³/mol. The third-order valence-electron chi connectivity index (χ3n) is 6.80. The number of benzene rings is 1. The molecule has 3 aliphatic rings. The normalized spacial score (nSPS) is 18.6. The van der Waals surface area contributed by atoms with Gasteiger partial charge in [0.15, 0.2) is 5.82 Å². The molecule has 3 heterocycles. The van der Waals surface area contributed by atoms with Gasteiger partial charge in [-0.1, -0.05) is 6.08 Å². The van der Waals surface area contributed by atoms with Crippen molar-refractivity contribution in [1.82, 2.24) is 14.9 Å². The molecule has 2 aliphatic heterocycles. The molecule has 0 saturated carbocycles. The standard InChI is InChI=1S/C25H31N7O2/c1-29-11-13-32(14-12-29)17-9-10-19(22(15-17)34-4)27-25-26-16-21-23(28-25)30(2)20-8-6-5-7-18(20)24(33)31(21)3/h6,8-10,15-16H,5,7,11-14H2,1-4H3,(H,26,27,28). The van der Waals surface area contributed by atoms with Crippen molar-refractivity contribution in [3.8, 4) is 5.75 Å². The van der Waals surface area contributed by atoms with Gasteiger partial charge in [-0.3, -0.25) is 4.79 Å². The molecule has 1 saturated heterocycles. The molecule has 9 nitrogen and oxygen atoms in total. The summed E-state index contributed by atoms with van der Waals surface area (Å²) in [5.74, 6) is 1.85. The number of nitrogens with one attached hydrogen (secondary N) is 1. The van der Waals surface area contributed by atoms with Gasteiger partial charge in [0, 0.05) is 57.6 Å². The molecule has 0 radical (unpaired) electrons. The molecule has 1 amide bonds. The summed E-state index contributed by atoms with van der Waals surface area (Å²) in [6.07, 6.45) is 7.40. The number of fused-ring (bicyclic) bond motifs is 1. The fourth-order valence-corrected chi connectivity index (χ4v) is 4.68. The highest BCUT2D eigenvalue weighted by atomic mass is 16.5. The molecule has 1 aromatic heterocycles. The van der Waals surface area contributed by atoms with Gasteiger partial charge in [0.2, 0.25) is 5.95 Å². The van der Waals surface area contributed by atoms with Crippen LogP contribution in [0.2, 0.25) is 0 Å². The molecule has 1 aromatic carbocycles. The van der Waals surface area contributed by atoms with Crippen LogP contribution < -0.4 is 24.8 Å². The second-order valence-electron chi connectivity index (χ2n) is 8.93. The molecule has 34 heavy (non-hydrogen) atoms. The van der Waals surface area contributed by atoms with Gasteiger partial charge < -0.3 is 29.7 Å². The van der Waals surface area contributed by atoms with Crippen LogP contribution in [-0.4, -0.2) is 75.2 Å². The number of rotatable bonds is 4. The summed E-state index contributed by atoms with van der Waals surface area (Å²) >= 11 is 0. The van der Waals surface area contributed by atoms with Crippen LogP contribution in [0.1, 0.15) is 12.8 Å². The van der Waals surface area contributed by atoms with E-state index < -0.39 is 0 Å². The van der Waals surface area contributed by atoms with Gasteiger partial charge >= 0.3 is 0 Å². The fraction of sp³-hybridized carbons (Fsp3) is 0.400. The Hall–Kier alpha value is -3.59. The van der Waals surface area contributed by atoms with Crippen molar-refractivity contribution in [2.45, 2.75) is 12.8 Å². The minimum absolute atomic E-state index is 0.00424. The van der Waals surface area contributed by atoms with E-state index in [4.69, 9.17) is 9.72 Å². The molecule has 178 valence electrons. The van der Waals surface area contributed by atoms with E-state index in [1.165, 1.54) is 0 Å². The molecule has 0 atom stereocenters. The maximum Gasteiger partial charge on any atom is 0.256 e. The Bertz CT molecular complexity index is 1170. The van der Waals surface area contributed by atoms with Crippen LogP contribution in [0.15, 0.2) is 47.8 Å². The molecule has 0 spiro atoms. The molecule has 1 aliphatic carbocycles. The molecular formula is C25H31N7O2. The zero-order valence-corrected chi connectivity index (χ0v) is 20.2. The quantitative estimate of drug-likeness (QED) is 0.745. The van der Waals surface area contributed by atoms with Crippen LogP contribution >= 0.6 is 0 Å². The molecule has 9 heteroatoms. The Labute approximate surface area is 200 Å². The average molecular weight is 462 g/mol. The van der Waals surface area contributed by atoms with Crippen LogP contribution in [0.4, 0.5) is 28.8 Å². The number of allylic oxidation sites excluding steroid dienone is 2. The van der Waals surface area contributed by atoms with Crippen LogP contribution in [0.5, 0.6) is 5.75 Å². The van der Waals surface area contributed by atoms with E-state index in [-0.39, 0.29) is 5.91 Å². The van der Waals surface area contributed by atoms with Crippen LogP contribution in [0.3, 0.4) is 0 Å². The van der Waals surface area contributed by atoms with E-state index in [0.29, 0.717) is 17.5 Å². The van der Waals surface area contributed by atoms with Crippen molar-refractivity contribution >= 4 is 34.7 Å². The highest BCUT2D eigenvalue weighted by molar-refractivity contribution is 6.09. The first-order chi connectivity index (χ1) is 16.5. The van der Waals surface area contributed by atoms with Gasteiger partial charge in [-0.05, 0) is 38.1 Å². The SMILES string of the molecule is COc1cc(N2CCN(C)CC2)ccc1Nc1ncc2c(n1)N(C)C1=C(CCC=C1)C(=O)N2C. The first kappa shape index (κ1) is 22.2. The van der Waals surface area contributed by atoms with Gasteiger partial charge in [0.25, 0.3) is 5.91 Å². The third kappa shape index (κ3) is 3.96. The molecular weight excluding hydrogens is 430 g/mol. The first-order valence-electron chi connectivity index (χ1n) is 11.6. The summed E-state index contributed by atoms with van der Waals surface area (Å²) < 4.78 is 5.69. The van der Waals surface area contributed by atoms with Gasteiger partial charge in [0.1, 0.15) is 11.4 Å². The number of methoxy groups -OCH3 is 1. The lowest BCUT2D eigenvalue weighted by Gasteiger charge is -2.34. The number of hydrogen-bond donors (Lipinski definition) is 1. The maximum absolute atomic E-state index is 13.0. The second kappa shape index (κ2) is 8.98.